The van der Waals surface area contributed by atoms with E-state index in [1.807, 2.05) is 28.8 Å². The number of fused-ring (bicyclic) bond motifs is 1. The second kappa shape index (κ2) is 6.70. The molecular weight excluding hydrogens is 332 g/mol. The number of H-pyrrole nitrogens is 2. The van der Waals surface area contributed by atoms with Crippen LogP contribution in [0.2, 0.25) is 5.02 Å². The first-order chi connectivity index (χ1) is 11.1. The van der Waals surface area contributed by atoms with Crippen LogP contribution < -0.4 is 10.9 Å². The molecule has 0 atom stereocenters. The predicted octanol–water partition coefficient (Wildman–Crippen LogP) is 3.20. The van der Waals surface area contributed by atoms with Crippen LogP contribution in [-0.4, -0.2) is 21.1 Å². The first kappa shape index (κ1) is 16.0. The Kier molecular flexibility index (Phi) is 4.66. The molecule has 2 aromatic heterocycles. The van der Waals surface area contributed by atoms with E-state index in [0.29, 0.717) is 21.9 Å². The summed E-state index contributed by atoms with van der Waals surface area (Å²) in [5, 5.41) is 4.02. The number of halogens is 1. The highest BCUT2D eigenvalue weighted by atomic mass is 35.5. The zero-order chi connectivity index (χ0) is 16.4. The Hall–Kier alpha value is -1.89. The third-order valence-corrected chi connectivity index (χ3v) is 4.33. The minimum Gasteiger partial charge on any atom is -0.355 e. The summed E-state index contributed by atoms with van der Waals surface area (Å²) in [7, 11) is 0. The lowest BCUT2D eigenvalue weighted by Gasteiger charge is -2.14. The van der Waals surface area contributed by atoms with Crippen molar-refractivity contribution in [2.75, 3.05) is 6.54 Å². The second-order valence-electron chi connectivity index (χ2n) is 5.28. The van der Waals surface area contributed by atoms with E-state index in [9.17, 15) is 4.79 Å². The van der Waals surface area contributed by atoms with Gasteiger partial charge < -0.3 is 14.9 Å². The molecule has 0 aliphatic carbocycles. The number of nitrogens with zero attached hydrogens (tertiary/aromatic N) is 1. The topological polar surface area (TPSA) is 65.6 Å². The minimum atomic E-state index is -0.199. The van der Waals surface area contributed by atoms with Crippen molar-refractivity contribution in [3.05, 3.63) is 61.7 Å². The summed E-state index contributed by atoms with van der Waals surface area (Å²) in [6.45, 7) is 4.25. The van der Waals surface area contributed by atoms with Gasteiger partial charge >= 0.3 is 0 Å². The standard InChI is InChI=1S/C16H17ClN4OS/c1-2-18-8-11-7-12(17)4-3-10(11)9-21-13-5-6-19-14(13)15(22)20-16(21)23/h3-7,18-19H,2,8-9H2,1H3,(H,20,22,23). The summed E-state index contributed by atoms with van der Waals surface area (Å²) >= 11 is 11.5. The van der Waals surface area contributed by atoms with E-state index in [1.54, 1.807) is 6.20 Å². The Bertz CT molecular complexity index is 957. The fraction of sp³-hybridized carbons (Fsp3) is 0.250. The zero-order valence-electron chi connectivity index (χ0n) is 12.6. The van der Waals surface area contributed by atoms with Crippen LogP contribution >= 0.6 is 23.8 Å². The Balaban J connectivity index is 2.08. The average Bonchev–Trinajstić information content (AvgIpc) is 3.01. The number of nitrogens with one attached hydrogen (secondary N) is 3. The molecule has 0 amide bonds. The zero-order valence-corrected chi connectivity index (χ0v) is 14.2. The van der Waals surface area contributed by atoms with Gasteiger partial charge in [-0.25, -0.2) is 0 Å². The van der Waals surface area contributed by atoms with Gasteiger partial charge in [0.15, 0.2) is 4.77 Å². The van der Waals surface area contributed by atoms with Crippen LogP contribution in [-0.2, 0) is 13.1 Å². The van der Waals surface area contributed by atoms with Crippen molar-refractivity contribution in [3.8, 4) is 0 Å². The van der Waals surface area contributed by atoms with Crippen molar-refractivity contribution >= 4 is 34.9 Å². The minimum absolute atomic E-state index is 0.199. The molecule has 2 heterocycles. The molecule has 0 fully saturated rings. The second-order valence-corrected chi connectivity index (χ2v) is 6.10. The molecule has 0 aliphatic heterocycles. The van der Waals surface area contributed by atoms with E-state index >= 15 is 0 Å². The Morgan fingerprint density at radius 3 is 2.91 bits per heavy atom. The van der Waals surface area contributed by atoms with Crippen LogP contribution in [0.25, 0.3) is 11.0 Å². The summed E-state index contributed by atoms with van der Waals surface area (Å²) in [6, 6.07) is 7.69. The molecule has 0 saturated carbocycles. The van der Waals surface area contributed by atoms with Gasteiger partial charge in [-0.05, 0) is 48.1 Å². The van der Waals surface area contributed by atoms with Crippen molar-refractivity contribution in [1.29, 1.82) is 0 Å². The first-order valence-electron chi connectivity index (χ1n) is 7.38. The summed E-state index contributed by atoms with van der Waals surface area (Å²) in [6.07, 6.45) is 1.74. The van der Waals surface area contributed by atoms with E-state index in [2.05, 4.69) is 22.2 Å². The maximum atomic E-state index is 11.9. The van der Waals surface area contributed by atoms with Crippen molar-refractivity contribution < 1.29 is 0 Å². The van der Waals surface area contributed by atoms with E-state index < -0.39 is 0 Å². The SMILES string of the molecule is CCNCc1cc(Cl)ccc1Cn1c(=S)[nH]c(=O)c2[nH]ccc21. The number of aromatic nitrogens is 3. The predicted molar refractivity (Wildman–Crippen MR) is 95.7 cm³/mol. The van der Waals surface area contributed by atoms with Gasteiger partial charge in [-0.2, -0.15) is 0 Å². The number of benzene rings is 1. The molecule has 0 radical (unpaired) electrons. The molecule has 5 nitrogen and oxygen atoms in total. The molecule has 23 heavy (non-hydrogen) atoms. The van der Waals surface area contributed by atoms with Crippen molar-refractivity contribution in [2.24, 2.45) is 0 Å². The summed E-state index contributed by atoms with van der Waals surface area (Å²) in [5.74, 6) is 0. The number of hydrogen-bond acceptors (Lipinski definition) is 3. The molecule has 7 heteroatoms. The summed E-state index contributed by atoms with van der Waals surface area (Å²) in [5.41, 5.74) is 3.36. The third kappa shape index (κ3) is 3.24. The van der Waals surface area contributed by atoms with Gasteiger partial charge in [-0.3, -0.25) is 9.78 Å². The van der Waals surface area contributed by atoms with Crippen molar-refractivity contribution in [2.45, 2.75) is 20.0 Å². The molecule has 0 spiro atoms. The van der Waals surface area contributed by atoms with Gasteiger partial charge in [0.2, 0.25) is 0 Å². The quantitative estimate of drug-likeness (QED) is 0.620. The molecule has 0 saturated heterocycles. The lowest BCUT2D eigenvalue weighted by molar-refractivity contribution is 0.706. The van der Waals surface area contributed by atoms with E-state index in [1.165, 1.54) is 0 Å². The van der Waals surface area contributed by atoms with Crippen molar-refractivity contribution in [3.63, 3.8) is 0 Å². The molecule has 1 aromatic carbocycles. The summed E-state index contributed by atoms with van der Waals surface area (Å²) < 4.78 is 2.33. The third-order valence-electron chi connectivity index (χ3n) is 3.77. The largest absolute Gasteiger partial charge is 0.355 e. The molecule has 3 aromatic rings. The lowest BCUT2D eigenvalue weighted by atomic mass is 10.1. The van der Waals surface area contributed by atoms with Crippen molar-refractivity contribution in [1.82, 2.24) is 19.9 Å². The lowest BCUT2D eigenvalue weighted by Crippen LogP contribution is -2.17. The van der Waals surface area contributed by atoms with E-state index in [4.69, 9.17) is 23.8 Å². The maximum Gasteiger partial charge on any atom is 0.276 e. The van der Waals surface area contributed by atoms with E-state index in [-0.39, 0.29) is 5.56 Å². The monoisotopic (exact) mass is 348 g/mol. The molecule has 3 N–H and O–H groups in total. The number of aromatic amines is 2. The molecular formula is C16H17ClN4OS. The summed E-state index contributed by atoms with van der Waals surface area (Å²) in [4.78, 5) is 17.6. The van der Waals surface area contributed by atoms with Crippen LogP contribution in [0.1, 0.15) is 18.1 Å². The van der Waals surface area contributed by atoms with Crippen LogP contribution in [0.3, 0.4) is 0 Å². The number of rotatable bonds is 5. The van der Waals surface area contributed by atoms with Gasteiger partial charge in [-0.15, -0.1) is 0 Å². The van der Waals surface area contributed by atoms with Gasteiger partial charge in [0.1, 0.15) is 5.52 Å². The highest BCUT2D eigenvalue weighted by Gasteiger charge is 2.10. The van der Waals surface area contributed by atoms with Crippen LogP contribution in [0.15, 0.2) is 35.3 Å². The Morgan fingerprint density at radius 1 is 1.30 bits per heavy atom. The van der Waals surface area contributed by atoms with Gasteiger partial charge in [0.05, 0.1) is 12.1 Å². The Labute approximate surface area is 143 Å². The fourth-order valence-electron chi connectivity index (χ4n) is 2.60. The average molecular weight is 349 g/mol. The first-order valence-corrected chi connectivity index (χ1v) is 8.17. The highest BCUT2D eigenvalue weighted by molar-refractivity contribution is 7.71. The van der Waals surface area contributed by atoms with E-state index in [0.717, 1.165) is 29.7 Å². The normalized spacial score (nSPS) is 11.2. The molecule has 0 unspecified atom stereocenters. The van der Waals surface area contributed by atoms with Gasteiger partial charge in [0.25, 0.3) is 5.56 Å². The van der Waals surface area contributed by atoms with Gasteiger partial charge in [0, 0.05) is 17.8 Å². The fourth-order valence-corrected chi connectivity index (χ4v) is 3.06. The molecule has 3 rings (SSSR count). The van der Waals surface area contributed by atoms with Crippen LogP contribution in [0.5, 0.6) is 0 Å². The van der Waals surface area contributed by atoms with Crippen LogP contribution in [0, 0.1) is 4.77 Å². The Morgan fingerprint density at radius 2 is 2.13 bits per heavy atom. The molecule has 120 valence electrons. The maximum absolute atomic E-state index is 11.9. The van der Waals surface area contributed by atoms with Gasteiger partial charge in [-0.1, -0.05) is 24.6 Å². The number of hydrogen-bond donors (Lipinski definition) is 3. The highest BCUT2D eigenvalue weighted by Crippen LogP contribution is 2.19. The smallest absolute Gasteiger partial charge is 0.276 e. The molecule has 0 bridgehead atoms. The molecule has 0 aliphatic rings. The van der Waals surface area contributed by atoms with Crippen LogP contribution in [0.4, 0.5) is 0 Å².